The Labute approximate surface area is 115 Å². The van der Waals surface area contributed by atoms with Crippen molar-refractivity contribution >= 4 is 0 Å². The summed E-state index contributed by atoms with van der Waals surface area (Å²) in [6.07, 6.45) is -3.19. The largest absolute Gasteiger partial charge is 0.493 e. The highest BCUT2D eigenvalue weighted by atomic mass is 19.4. The predicted octanol–water partition coefficient (Wildman–Crippen LogP) is 3.01. The van der Waals surface area contributed by atoms with Crippen LogP contribution in [-0.2, 0) is 11.2 Å². The maximum atomic E-state index is 11.9. The summed E-state index contributed by atoms with van der Waals surface area (Å²) in [4.78, 5) is 0. The molecule has 20 heavy (non-hydrogen) atoms. The standard InChI is InChI=1S/C14H17F3O3/c15-14(16,17)9-19-7-5-12(18)10-3-4-13-11(8-10)2-1-6-20-13/h3-4,8,12,18H,1-2,5-7,9H2. The van der Waals surface area contributed by atoms with Gasteiger partial charge < -0.3 is 14.6 Å². The van der Waals surface area contributed by atoms with Gasteiger partial charge in [-0.25, -0.2) is 0 Å². The highest BCUT2D eigenvalue weighted by molar-refractivity contribution is 5.39. The lowest BCUT2D eigenvalue weighted by Gasteiger charge is -2.19. The normalized spacial score (nSPS) is 16.4. The molecule has 1 aromatic rings. The first-order chi connectivity index (χ1) is 9.46. The van der Waals surface area contributed by atoms with Crippen molar-refractivity contribution in [3.05, 3.63) is 29.3 Å². The second kappa shape index (κ2) is 6.45. The van der Waals surface area contributed by atoms with Gasteiger partial charge in [-0.1, -0.05) is 6.07 Å². The first kappa shape index (κ1) is 15.1. The Balaban J connectivity index is 1.84. The van der Waals surface area contributed by atoms with Crippen LogP contribution in [0.1, 0.15) is 30.1 Å². The van der Waals surface area contributed by atoms with Crippen molar-refractivity contribution in [3.63, 3.8) is 0 Å². The molecule has 112 valence electrons. The molecule has 1 aromatic carbocycles. The van der Waals surface area contributed by atoms with Gasteiger partial charge in [0.1, 0.15) is 12.4 Å². The molecule has 3 nitrogen and oxygen atoms in total. The minimum Gasteiger partial charge on any atom is -0.493 e. The summed E-state index contributed by atoms with van der Waals surface area (Å²) in [5.74, 6) is 0.820. The molecule has 0 aliphatic carbocycles. The molecule has 6 heteroatoms. The van der Waals surface area contributed by atoms with Crippen LogP contribution in [-0.4, -0.2) is 31.1 Å². The van der Waals surface area contributed by atoms with Gasteiger partial charge in [0.25, 0.3) is 0 Å². The Morgan fingerprint density at radius 2 is 2.15 bits per heavy atom. The van der Waals surface area contributed by atoms with E-state index >= 15 is 0 Å². The number of hydrogen-bond acceptors (Lipinski definition) is 3. The van der Waals surface area contributed by atoms with Crippen LogP contribution in [0.15, 0.2) is 18.2 Å². The fraction of sp³-hybridized carbons (Fsp3) is 0.571. The molecule has 1 unspecified atom stereocenters. The number of alkyl halides is 3. The molecule has 0 amide bonds. The number of aliphatic hydroxyl groups is 1. The fourth-order valence-corrected chi connectivity index (χ4v) is 2.14. The zero-order chi connectivity index (χ0) is 14.6. The van der Waals surface area contributed by atoms with Gasteiger partial charge >= 0.3 is 6.18 Å². The second-order valence-electron chi connectivity index (χ2n) is 4.79. The third-order valence-corrected chi connectivity index (χ3v) is 3.12. The molecule has 0 bridgehead atoms. The molecule has 1 aliphatic rings. The molecule has 1 N–H and O–H groups in total. The van der Waals surface area contributed by atoms with Crippen molar-refractivity contribution in [3.8, 4) is 5.75 Å². The molecule has 2 rings (SSSR count). The van der Waals surface area contributed by atoms with Gasteiger partial charge in [-0.05, 0) is 36.1 Å². The van der Waals surface area contributed by atoms with Gasteiger partial charge in [-0.15, -0.1) is 0 Å². The predicted molar refractivity (Wildman–Crippen MR) is 66.7 cm³/mol. The molecule has 1 aliphatic heterocycles. The average molecular weight is 290 g/mol. The number of benzene rings is 1. The van der Waals surface area contributed by atoms with Gasteiger partial charge in [-0.2, -0.15) is 13.2 Å². The molecular weight excluding hydrogens is 273 g/mol. The van der Waals surface area contributed by atoms with Crippen LogP contribution < -0.4 is 4.74 Å². The van der Waals surface area contributed by atoms with Crippen LogP contribution in [0, 0.1) is 0 Å². The highest BCUT2D eigenvalue weighted by Gasteiger charge is 2.27. The van der Waals surface area contributed by atoms with E-state index in [1.54, 1.807) is 12.1 Å². The monoisotopic (exact) mass is 290 g/mol. The number of halogens is 3. The average Bonchev–Trinajstić information content (AvgIpc) is 2.42. The summed E-state index contributed by atoms with van der Waals surface area (Å²) in [5, 5.41) is 9.95. The smallest absolute Gasteiger partial charge is 0.411 e. The van der Waals surface area contributed by atoms with E-state index < -0.39 is 18.9 Å². The van der Waals surface area contributed by atoms with Gasteiger partial charge in [0.05, 0.1) is 12.7 Å². The quantitative estimate of drug-likeness (QED) is 0.847. The molecule has 0 radical (unpaired) electrons. The zero-order valence-corrected chi connectivity index (χ0v) is 10.9. The van der Waals surface area contributed by atoms with Crippen molar-refractivity contribution in [1.82, 2.24) is 0 Å². The molecule has 1 atom stereocenters. The summed E-state index contributed by atoms with van der Waals surface area (Å²) in [7, 11) is 0. The minimum atomic E-state index is -4.33. The minimum absolute atomic E-state index is 0.131. The fourth-order valence-electron chi connectivity index (χ4n) is 2.14. The van der Waals surface area contributed by atoms with Crippen LogP contribution in [0.3, 0.4) is 0 Å². The number of rotatable bonds is 5. The molecule has 0 aromatic heterocycles. The van der Waals surface area contributed by atoms with Crippen LogP contribution in [0.2, 0.25) is 0 Å². The zero-order valence-electron chi connectivity index (χ0n) is 10.9. The van der Waals surface area contributed by atoms with E-state index in [1.165, 1.54) is 0 Å². The van der Waals surface area contributed by atoms with Gasteiger partial charge in [-0.3, -0.25) is 0 Å². The van der Waals surface area contributed by atoms with E-state index in [-0.39, 0.29) is 13.0 Å². The summed E-state index contributed by atoms with van der Waals surface area (Å²) < 4.78 is 45.6. The number of aryl methyl sites for hydroxylation is 1. The first-order valence-corrected chi connectivity index (χ1v) is 6.54. The number of ether oxygens (including phenoxy) is 2. The molecule has 0 saturated heterocycles. The van der Waals surface area contributed by atoms with Crippen LogP contribution in [0.5, 0.6) is 5.75 Å². The van der Waals surface area contributed by atoms with Crippen molar-refractivity contribution in [2.24, 2.45) is 0 Å². The Morgan fingerprint density at radius 1 is 1.35 bits per heavy atom. The Kier molecular flexibility index (Phi) is 4.88. The molecule has 1 heterocycles. The Hall–Kier alpha value is -1.27. The van der Waals surface area contributed by atoms with E-state index in [1.807, 2.05) is 6.07 Å². The highest BCUT2D eigenvalue weighted by Crippen LogP contribution is 2.28. The topological polar surface area (TPSA) is 38.7 Å². The van der Waals surface area contributed by atoms with Crippen LogP contribution in [0.4, 0.5) is 13.2 Å². The van der Waals surface area contributed by atoms with Crippen molar-refractivity contribution in [1.29, 1.82) is 0 Å². The summed E-state index contributed by atoms with van der Waals surface area (Å²) in [5.41, 5.74) is 1.72. The van der Waals surface area contributed by atoms with E-state index in [0.717, 1.165) is 24.2 Å². The van der Waals surface area contributed by atoms with Crippen molar-refractivity contribution in [2.45, 2.75) is 31.5 Å². The third-order valence-electron chi connectivity index (χ3n) is 3.12. The van der Waals surface area contributed by atoms with Crippen LogP contribution in [0.25, 0.3) is 0 Å². The lowest BCUT2D eigenvalue weighted by Crippen LogP contribution is -2.18. The second-order valence-corrected chi connectivity index (χ2v) is 4.79. The van der Waals surface area contributed by atoms with E-state index in [4.69, 9.17) is 4.74 Å². The molecular formula is C14H17F3O3. The third kappa shape index (κ3) is 4.38. The van der Waals surface area contributed by atoms with Gasteiger partial charge in [0, 0.05) is 13.0 Å². The maximum absolute atomic E-state index is 11.9. The summed E-state index contributed by atoms with van der Waals surface area (Å²) >= 11 is 0. The number of fused-ring (bicyclic) bond motifs is 1. The lowest BCUT2D eigenvalue weighted by atomic mass is 9.99. The lowest BCUT2D eigenvalue weighted by molar-refractivity contribution is -0.175. The SMILES string of the molecule is OC(CCOCC(F)(F)F)c1ccc2c(c1)CCCO2. The summed E-state index contributed by atoms with van der Waals surface area (Å²) in [6.45, 7) is -0.716. The number of aliphatic hydroxyl groups excluding tert-OH is 1. The van der Waals surface area contributed by atoms with Crippen molar-refractivity contribution < 1.29 is 27.8 Å². The maximum Gasteiger partial charge on any atom is 0.411 e. The van der Waals surface area contributed by atoms with E-state index in [0.29, 0.717) is 12.2 Å². The van der Waals surface area contributed by atoms with Gasteiger partial charge in [0.15, 0.2) is 0 Å². The first-order valence-electron chi connectivity index (χ1n) is 6.54. The van der Waals surface area contributed by atoms with Gasteiger partial charge in [0.2, 0.25) is 0 Å². The molecule has 0 fully saturated rings. The van der Waals surface area contributed by atoms with Crippen molar-refractivity contribution in [2.75, 3.05) is 19.8 Å². The number of hydrogen-bond donors (Lipinski definition) is 1. The molecule has 0 spiro atoms. The molecule has 0 saturated carbocycles. The Morgan fingerprint density at radius 3 is 2.90 bits per heavy atom. The Bertz CT molecular complexity index is 446. The van der Waals surface area contributed by atoms with Crippen LogP contribution >= 0.6 is 0 Å². The summed E-state index contributed by atoms with van der Waals surface area (Å²) in [6, 6.07) is 5.38. The van der Waals surface area contributed by atoms with E-state index in [2.05, 4.69) is 4.74 Å². The van der Waals surface area contributed by atoms with E-state index in [9.17, 15) is 18.3 Å².